The van der Waals surface area contributed by atoms with Gasteiger partial charge in [0.25, 0.3) is 0 Å². The summed E-state index contributed by atoms with van der Waals surface area (Å²) in [5.74, 6) is 0.974. The molecule has 0 aliphatic heterocycles. The highest BCUT2D eigenvalue weighted by Crippen LogP contribution is 2.28. The molecule has 2 aromatic carbocycles. The lowest BCUT2D eigenvalue weighted by Crippen LogP contribution is -2.00. The van der Waals surface area contributed by atoms with Crippen LogP contribution in [0.4, 0.5) is 5.82 Å². The van der Waals surface area contributed by atoms with E-state index >= 15 is 0 Å². The van der Waals surface area contributed by atoms with Gasteiger partial charge < -0.3 is 5.32 Å². The van der Waals surface area contributed by atoms with Gasteiger partial charge in [-0.3, -0.25) is 0 Å². The van der Waals surface area contributed by atoms with Gasteiger partial charge in [0, 0.05) is 17.3 Å². The van der Waals surface area contributed by atoms with E-state index in [2.05, 4.69) is 59.7 Å². The first-order valence-corrected chi connectivity index (χ1v) is 5.91. The average molecular weight is 222 g/mol. The molecule has 0 aliphatic carbocycles. The number of nitrogens with zero attached hydrogens (tertiary/aromatic N) is 1. The number of benzene rings is 2. The Kier molecular flexibility index (Phi) is 2.41. The van der Waals surface area contributed by atoms with Crippen LogP contribution in [0.5, 0.6) is 0 Å². The number of anilines is 1. The summed E-state index contributed by atoms with van der Waals surface area (Å²) in [6.45, 7) is 2.97. The molecule has 0 saturated heterocycles. The van der Waals surface area contributed by atoms with Crippen LogP contribution < -0.4 is 5.32 Å². The molecule has 1 heterocycles. The molecule has 84 valence electrons. The normalized spacial score (nSPS) is 10.9. The molecule has 0 radical (unpaired) electrons. The summed E-state index contributed by atoms with van der Waals surface area (Å²) in [6, 6.07) is 16.7. The number of hydrogen-bond donors (Lipinski definition) is 1. The van der Waals surface area contributed by atoms with Gasteiger partial charge in [-0.2, -0.15) is 0 Å². The van der Waals surface area contributed by atoms with Crippen molar-refractivity contribution in [3.05, 3.63) is 48.5 Å². The number of nitrogens with one attached hydrogen (secondary N) is 1. The zero-order valence-corrected chi connectivity index (χ0v) is 9.77. The van der Waals surface area contributed by atoms with Gasteiger partial charge in [-0.25, -0.2) is 4.98 Å². The molecule has 0 saturated carbocycles. The first-order chi connectivity index (χ1) is 8.40. The van der Waals surface area contributed by atoms with Crippen molar-refractivity contribution in [3.8, 4) is 0 Å². The number of pyridine rings is 1. The van der Waals surface area contributed by atoms with Crippen LogP contribution in [0, 0.1) is 0 Å². The van der Waals surface area contributed by atoms with Crippen molar-refractivity contribution in [1.29, 1.82) is 0 Å². The quantitative estimate of drug-likeness (QED) is 0.667. The maximum Gasteiger partial charge on any atom is 0.134 e. The largest absolute Gasteiger partial charge is 0.370 e. The summed E-state index contributed by atoms with van der Waals surface area (Å²) in [7, 11) is 0. The predicted octanol–water partition coefficient (Wildman–Crippen LogP) is 3.82. The van der Waals surface area contributed by atoms with Crippen LogP contribution in [-0.4, -0.2) is 11.5 Å². The molecule has 0 aliphatic rings. The number of rotatable bonds is 2. The van der Waals surface area contributed by atoms with Gasteiger partial charge in [0.05, 0.1) is 5.52 Å². The molecule has 0 fully saturated rings. The van der Waals surface area contributed by atoms with E-state index < -0.39 is 0 Å². The third-order valence-corrected chi connectivity index (χ3v) is 2.95. The van der Waals surface area contributed by atoms with E-state index in [4.69, 9.17) is 0 Å². The molecule has 3 rings (SSSR count). The highest BCUT2D eigenvalue weighted by molar-refractivity contribution is 6.09. The lowest BCUT2D eigenvalue weighted by Gasteiger charge is -2.09. The van der Waals surface area contributed by atoms with Gasteiger partial charge >= 0.3 is 0 Å². The van der Waals surface area contributed by atoms with E-state index in [9.17, 15) is 0 Å². The second-order valence-corrected chi connectivity index (χ2v) is 4.05. The van der Waals surface area contributed by atoms with Crippen molar-refractivity contribution < 1.29 is 0 Å². The summed E-state index contributed by atoms with van der Waals surface area (Å²) in [4.78, 5) is 4.68. The van der Waals surface area contributed by atoms with Crippen molar-refractivity contribution >= 4 is 27.5 Å². The van der Waals surface area contributed by atoms with Gasteiger partial charge in [0.2, 0.25) is 0 Å². The van der Waals surface area contributed by atoms with Crippen molar-refractivity contribution in [2.24, 2.45) is 0 Å². The molecule has 2 heteroatoms. The molecule has 17 heavy (non-hydrogen) atoms. The highest BCUT2D eigenvalue weighted by atomic mass is 15.0. The minimum Gasteiger partial charge on any atom is -0.370 e. The minimum absolute atomic E-state index is 0.884. The van der Waals surface area contributed by atoms with Crippen molar-refractivity contribution in [2.45, 2.75) is 6.92 Å². The Labute approximate surface area is 100 Å². The van der Waals surface area contributed by atoms with Gasteiger partial charge in [-0.1, -0.05) is 42.5 Å². The second kappa shape index (κ2) is 4.06. The smallest absolute Gasteiger partial charge is 0.134 e. The summed E-state index contributed by atoms with van der Waals surface area (Å²) in [5, 5.41) is 6.99. The molecule has 3 aromatic rings. The SMILES string of the molecule is CCNc1nc2ccccc2c2ccccc12. The second-order valence-electron chi connectivity index (χ2n) is 4.05. The molecule has 1 N–H and O–H groups in total. The van der Waals surface area contributed by atoms with E-state index in [1.54, 1.807) is 0 Å². The fourth-order valence-corrected chi connectivity index (χ4v) is 2.21. The molecule has 0 atom stereocenters. The third-order valence-electron chi connectivity index (χ3n) is 2.95. The fraction of sp³-hybridized carbons (Fsp3) is 0.133. The van der Waals surface area contributed by atoms with Gasteiger partial charge in [0.1, 0.15) is 5.82 Å². The highest BCUT2D eigenvalue weighted by Gasteiger charge is 2.05. The molecular formula is C15H14N2. The lowest BCUT2D eigenvalue weighted by atomic mass is 10.1. The number of para-hydroxylation sites is 1. The Bertz CT molecular complexity index is 674. The van der Waals surface area contributed by atoms with Crippen molar-refractivity contribution in [3.63, 3.8) is 0 Å². The van der Waals surface area contributed by atoms with Gasteiger partial charge in [-0.05, 0) is 18.4 Å². The fourth-order valence-electron chi connectivity index (χ4n) is 2.21. The average Bonchev–Trinajstić information content (AvgIpc) is 2.39. The Morgan fingerprint density at radius 1 is 0.882 bits per heavy atom. The maximum atomic E-state index is 4.68. The van der Waals surface area contributed by atoms with E-state index in [-0.39, 0.29) is 0 Å². The lowest BCUT2D eigenvalue weighted by molar-refractivity contribution is 1.18. The van der Waals surface area contributed by atoms with Crippen LogP contribution in [0.2, 0.25) is 0 Å². The first-order valence-electron chi connectivity index (χ1n) is 5.91. The number of aromatic nitrogens is 1. The number of fused-ring (bicyclic) bond motifs is 3. The Morgan fingerprint density at radius 3 is 2.29 bits per heavy atom. The molecule has 0 bridgehead atoms. The van der Waals surface area contributed by atoms with E-state index in [0.29, 0.717) is 0 Å². The molecular weight excluding hydrogens is 208 g/mol. The molecule has 0 amide bonds. The third kappa shape index (κ3) is 1.62. The Morgan fingerprint density at radius 2 is 1.53 bits per heavy atom. The molecule has 2 nitrogen and oxygen atoms in total. The van der Waals surface area contributed by atoms with Crippen LogP contribution in [0.1, 0.15) is 6.92 Å². The van der Waals surface area contributed by atoms with Gasteiger partial charge in [0.15, 0.2) is 0 Å². The maximum absolute atomic E-state index is 4.68. The Balaban J connectivity index is 2.45. The van der Waals surface area contributed by atoms with Crippen LogP contribution in [-0.2, 0) is 0 Å². The standard InChI is InChI=1S/C15H14N2/c1-2-16-15-13-9-4-3-7-11(13)12-8-5-6-10-14(12)17-15/h3-10H,2H2,1H3,(H,16,17). The number of hydrogen-bond acceptors (Lipinski definition) is 2. The van der Waals surface area contributed by atoms with E-state index in [1.807, 2.05) is 6.07 Å². The molecule has 0 unspecified atom stereocenters. The topological polar surface area (TPSA) is 24.9 Å². The van der Waals surface area contributed by atoms with Crippen LogP contribution in [0.25, 0.3) is 21.7 Å². The zero-order chi connectivity index (χ0) is 11.7. The first kappa shape index (κ1) is 10.1. The summed E-state index contributed by atoms with van der Waals surface area (Å²) < 4.78 is 0. The summed E-state index contributed by atoms with van der Waals surface area (Å²) in [6.07, 6.45) is 0. The predicted molar refractivity (Wildman–Crippen MR) is 73.4 cm³/mol. The van der Waals surface area contributed by atoms with Gasteiger partial charge in [-0.15, -0.1) is 0 Å². The minimum atomic E-state index is 0.884. The van der Waals surface area contributed by atoms with Crippen LogP contribution >= 0.6 is 0 Å². The summed E-state index contributed by atoms with van der Waals surface area (Å²) >= 11 is 0. The van der Waals surface area contributed by atoms with Crippen LogP contribution in [0.15, 0.2) is 48.5 Å². The van der Waals surface area contributed by atoms with E-state index in [0.717, 1.165) is 17.9 Å². The van der Waals surface area contributed by atoms with Crippen molar-refractivity contribution in [1.82, 2.24) is 4.98 Å². The van der Waals surface area contributed by atoms with Crippen LogP contribution in [0.3, 0.4) is 0 Å². The van der Waals surface area contributed by atoms with E-state index in [1.165, 1.54) is 16.2 Å². The molecule has 1 aromatic heterocycles. The van der Waals surface area contributed by atoms with Crippen molar-refractivity contribution in [2.75, 3.05) is 11.9 Å². The summed E-state index contributed by atoms with van der Waals surface area (Å²) in [5.41, 5.74) is 1.04. The zero-order valence-electron chi connectivity index (χ0n) is 9.77. The Hall–Kier alpha value is -2.09. The monoisotopic (exact) mass is 222 g/mol. The molecule has 0 spiro atoms.